The molecule has 4 nitrogen and oxygen atoms in total. The van der Waals surface area contributed by atoms with Gasteiger partial charge in [0.05, 0.1) is 5.41 Å². The summed E-state index contributed by atoms with van der Waals surface area (Å²) in [5.74, 6) is -0.876. The average Bonchev–Trinajstić information content (AvgIpc) is 2.94. The monoisotopic (exact) mass is 464 g/mol. The van der Waals surface area contributed by atoms with E-state index < -0.39 is 5.41 Å². The fraction of sp³-hybridized carbons (Fsp3) is 0.231. The van der Waals surface area contributed by atoms with Crippen LogP contribution in [-0.2, 0) is 15.0 Å². The topological polar surface area (TPSA) is 58.2 Å². The van der Waals surface area contributed by atoms with Gasteiger partial charge >= 0.3 is 0 Å². The summed E-state index contributed by atoms with van der Waals surface area (Å²) in [5, 5.41) is 7.28. The Kier molecular flexibility index (Phi) is 5.23. The van der Waals surface area contributed by atoms with Crippen molar-refractivity contribution in [1.82, 2.24) is 5.32 Å². The summed E-state index contributed by atoms with van der Waals surface area (Å²) < 4.78 is 0. The lowest BCUT2D eigenvalue weighted by Crippen LogP contribution is -2.47. The smallest absolute Gasteiger partial charge is 0.236 e. The van der Waals surface area contributed by atoms with Crippen molar-refractivity contribution in [3.8, 4) is 0 Å². The molecule has 0 saturated carbocycles. The van der Waals surface area contributed by atoms with Gasteiger partial charge in [-0.3, -0.25) is 9.59 Å². The van der Waals surface area contributed by atoms with E-state index in [9.17, 15) is 9.59 Å². The minimum Gasteiger partial charge on any atom is -0.355 e. The maximum Gasteiger partial charge on any atom is 0.236 e. The Morgan fingerprint density at radius 1 is 0.906 bits per heavy atom. The molecule has 0 aliphatic carbocycles. The molecule has 3 aromatic carbocycles. The van der Waals surface area contributed by atoms with Crippen molar-refractivity contribution in [2.45, 2.75) is 30.6 Å². The van der Waals surface area contributed by atoms with Gasteiger partial charge in [-0.05, 0) is 53.4 Å². The summed E-state index contributed by atoms with van der Waals surface area (Å²) in [7, 11) is 0. The van der Waals surface area contributed by atoms with Crippen LogP contribution in [0.15, 0.2) is 66.7 Å². The summed E-state index contributed by atoms with van der Waals surface area (Å²) in [4.78, 5) is 27.0. The number of hydrogen-bond acceptors (Lipinski definition) is 2. The standard InChI is InChI=1S/C26H22Cl2N2O2/c1-15-5-2-3-8-19(15)21-13-24(31)29-14-22(16-6-4-7-17(27)11-16)26(21)20-10-9-18(28)12-23(20)30-25(26)32/h2-12,21-22H,13-14H2,1H3,(H,29,31)(H,30,32)/t21-,22+,26-/m0/s1. The second kappa shape index (κ2) is 7.95. The van der Waals surface area contributed by atoms with Crippen molar-refractivity contribution >= 4 is 40.7 Å². The maximum absolute atomic E-state index is 14.0. The average molecular weight is 465 g/mol. The van der Waals surface area contributed by atoms with Crippen LogP contribution < -0.4 is 10.6 Å². The summed E-state index contributed by atoms with van der Waals surface area (Å²) in [6.07, 6.45) is 0.206. The third kappa shape index (κ3) is 3.21. The summed E-state index contributed by atoms with van der Waals surface area (Å²) >= 11 is 12.6. The Hall–Kier alpha value is -2.82. The summed E-state index contributed by atoms with van der Waals surface area (Å²) in [6, 6.07) is 21.1. The second-order valence-electron chi connectivity index (χ2n) is 8.54. The lowest BCUT2D eigenvalue weighted by Gasteiger charge is -2.41. The number of rotatable bonds is 2. The number of hydrogen-bond donors (Lipinski definition) is 2. The first-order valence-electron chi connectivity index (χ1n) is 10.6. The Morgan fingerprint density at radius 3 is 2.47 bits per heavy atom. The van der Waals surface area contributed by atoms with Gasteiger partial charge in [0.1, 0.15) is 0 Å². The highest BCUT2D eigenvalue weighted by Crippen LogP contribution is 2.57. The van der Waals surface area contributed by atoms with Gasteiger partial charge in [-0.2, -0.15) is 0 Å². The van der Waals surface area contributed by atoms with Gasteiger partial charge in [0.15, 0.2) is 0 Å². The number of carbonyl (C=O) groups excluding carboxylic acids is 2. The molecule has 2 aliphatic rings. The van der Waals surface area contributed by atoms with E-state index >= 15 is 0 Å². The molecule has 2 heterocycles. The van der Waals surface area contributed by atoms with E-state index in [1.807, 2.05) is 67.6 Å². The van der Waals surface area contributed by atoms with Crippen LogP contribution in [0.4, 0.5) is 5.69 Å². The van der Waals surface area contributed by atoms with Gasteiger partial charge in [-0.15, -0.1) is 0 Å². The van der Waals surface area contributed by atoms with Crippen LogP contribution in [0.25, 0.3) is 0 Å². The maximum atomic E-state index is 14.0. The molecule has 1 spiro atoms. The van der Waals surface area contributed by atoms with Gasteiger partial charge in [0, 0.05) is 40.5 Å². The first kappa shape index (κ1) is 21.0. The van der Waals surface area contributed by atoms with Crippen molar-refractivity contribution in [1.29, 1.82) is 0 Å². The van der Waals surface area contributed by atoms with Crippen LogP contribution in [0, 0.1) is 6.92 Å². The van der Waals surface area contributed by atoms with Crippen molar-refractivity contribution in [2.24, 2.45) is 0 Å². The zero-order valence-corrected chi connectivity index (χ0v) is 19.0. The van der Waals surface area contributed by atoms with E-state index in [4.69, 9.17) is 23.2 Å². The van der Waals surface area contributed by atoms with Gasteiger partial charge in [0.25, 0.3) is 0 Å². The number of nitrogens with one attached hydrogen (secondary N) is 2. The van der Waals surface area contributed by atoms with Crippen LogP contribution in [0.1, 0.15) is 40.5 Å². The predicted octanol–water partition coefficient (Wildman–Crippen LogP) is 5.58. The van der Waals surface area contributed by atoms with E-state index in [0.29, 0.717) is 22.3 Å². The molecular weight excluding hydrogens is 443 g/mol. The molecule has 1 saturated heterocycles. The lowest BCUT2D eigenvalue weighted by molar-refractivity contribution is -0.123. The predicted molar refractivity (Wildman–Crippen MR) is 127 cm³/mol. The van der Waals surface area contributed by atoms with E-state index in [0.717, 1.165) is 22.3 Å². The van der Waals surface area contributed by atoms with Gasteiger partial charge in [-0.25, -0.2) is 0 Å². The van der Waals surface area contributed by atoms with E-state index in [-0.39, 0.29) is 30.1 Å². The fourth-order valence-corrected chi connectivity index (χ4v) is 5.87. The molecule has 162 valence electrons. The highest BCUT2D eigenvalue weighted by atomic mass is 35.5. The molecule has 6 heteroatoms. The molecule has 2 aliphatic heterocycles. The van der Waals surface area contributed by atoms with E-state index in [1.165, 1.54) is 0 Å². The molecule has 3 atom stereocenters. The zero-order chi connectivity index (χ0) is 22.5. The third-order valence-corrected chi connectivity index (χ3v) is 7.33. The molecule has 1 fully saturated rings. The minimum absolute atomic E-state index is 0.0719. The molecule has 0 radical (unpaired) electrons. The first-order valence-corrected chi connectivity index (χ1v) is 11.4. The number of halogens is 2. The Bertz CT molecular complexity index is 1240. The lowest BCUT2D eigenvalue weighted by atomic mass is 9.58. The highest BCUT2D eigenvalue weighted by molar-refractivity contribution is 6.31. The molecule has 0 aromatic heterocycles. The largest absolute Gasteiger partial charge is 0.355 e. The number of amides is 2. The van der Waals surface area contributed by atoms with Crippen LogP contribution in [0.2, 0.25) is 10.0 Å². The number of benzene rings is 3. The first-order chi connectivity index (χ1) is 15.4. The molecular formula is C26H22Cl2N2O2. The Labute approximate surface area is 196 Å². The van der Waals surface area contributed by atoms with E-state index in [2.05, 4.69) is 10.6 Å². The third-order valence-electron chi connectivity index (χ3n) is 6.86. The molecule has 2 N–H and O–H groups in total. The van der Waals surface area contributed by atoms with Crippen LogP contribution in [0.5, 0.6) is 0 Å². The Balaban J connectivity index is 1.85. The highest BCUT2D eigenvalue weighted by Gasteiger charge is 2.59. The summed E-state index contributed by atoms with van der Waals surface area (Å²) in [5.41, 5.74) is 3.51. The molecule has 0 bridgehead atoms. The SMILES string of the molecule is Cc1ccccc1[C@@H]1CC(=O)NC[C@H](c2cccc(Cl)c2)[C@@]12C(=O)Nc1cc(Cl)ccc12. The molecule has 32 heavy (non-hydrogen) atoms. The van der Waals surface area contributed by atoms with Gasteiger partial charge < -0.3 is 10.6 Å². The molecule has 5 rings (SSSR count). The number of aryl methyl sites for hydroxylation is 1. The van der Waals surface area contributed by atoms with Crippen molar-refractivity contribution in [2.75, 3.05) is 11.9 Å². The van der Waals surface area contributed by atoms with Gasteiger partial charge in [0.2, 0.25) is 11.8 Å². The molecule has 3 aromatic rings. The van der Waals surface area contributed by atoms with Crippen molar-refractivity contribution < 1.29 is 9.59 Å². The Morgan fingerprint density at radius 2 is 1.69 bits per heavy atom. The molecule has 2 amide bonds. The van der Waals surface area contributed by atoms with Crippen LogP contribution >= 0.6 is 23.2 Å². The number of carbonyl (C=O) groups is 2. The number of fused-ring (bicyclic) bond motifs is 2. The van der Waals surface area contributed by atoms with Crippen LogP contribution in [0.3, 0.4) is 0 Å². The van der Waals surface area contributed by atoms with Crippen LogP contribution in [-0.4, -0.2) is 18.4 Å². The summed E-state index contributed by atoms with van der Waals surface area (Å²) in [6.45, 7) is 2.35. The van der Waals surface area contributed by atoms with Crippen molar-refractivity contribution in [3.63, 3.8) is 0 Å². The normalized spacial score (nSPS) is 24.6. The molecule has 0 unspecified atom stereocenters. The second-order valence-corrected chi connectivity index (χ2v) is 9.41. The minimum atomic E-state index is -1.00. The van der Waals surface area contributed by atoms with Gasteiger partial charge in [-0.1, -0.05) is 65.7 Å². The van der Waals surface area contributed by atoms with Crippen molar-refractivity contribution in [3.05, 3.63) is 99.0 Å². The fourth-order valence-electron chi connectivity index (χ4n) is 5.50. The van der Waals surface area contributed by atoms with E-state index in [1.54, 1.807) is 6.07 Å². The zero-order valence-electron chi connectivity index (χ0n) is 17.5. The number of anilines is 1. The quantitative estimate of drug-likeness (QED) is 0.519.